The van der Waals surface area contributed by atoms with Crippen molar-refractivity contribution in [1.82, 2.24) is 5.32 Å². The van der Waals surface area contributed by atoms with Gasteiger partial charge in [-0.3, -0.25) is 4.79 Å². The first-order valence-electron chi connectivity index (χ1n) is 8.35. The Morgan fingerprint density at radius 2 is 1.61 bits per heavy atom. The zero-order chi connectivity index (χ0) is 16.7. The van der Waals surface area contributed by atoms with Crippen molar-refractivity contribution in [2.45, 2.75) is 33.4 Å². The van der Waals surface area contributed by atoms with Crippen molar-refractivity contribution in [1.29, 1.82) is 0 Å². The minimum atomic E-state index is 0.123. The highest BCUT2D eigenvalue weighted by molar-refractivity contribution is 5.77. The van der Waals surface area contributed by atoms with Crippen LogP contribution >= 0.6 is 0 Å². The SMILES string of the molecule is CC[NH+](CC(=O)NC(C)C)Cc1ccc(-c2ccccc2)cc1. The third-order valence-corrected chi connectivity index (χ3v) is 3.88. The summed E-state index contributed by atoms with van der Waals surface area (Å²) in [5, 5.41) is 2.96. The summed E-state index contributed by atoms with van der Waals surface area (Å²) in [5.74, 6) is 0.123. The molecule has 0 aromatic heterocycles. The monoisotopic (exact) mass is 311 g/mol. The van der Waals surface area contributed by atoms with Crippen molar-refractivity contribution in [2.24, 2.45) is 0 Å². The average Bonchev–Trinajstić information content (AvgIpc) is 2.55. The van der Waals surface area contributed by atoms with Crippen molar-refractivity contribution in [3.8, 4) is 11.1 Å². The fourth-order valence-corrected chi connectivity index (χ4v) is 2.65. The largest absolute Gasteiger partial charge is 0.349 e. The first kappa shape index (κ1) is 17.2. The van der Waals surface area contributed by atoms with Gasteiger partial charge in [-0.1, -0.05) is 54.6 Å². The molecule has 0 heterocycles. The standard InChI is InChI=1S/C20H26N2O/c1-4-22(15-20(23)21-16(2)3)14-17-10-12-19(13-11-17)18-8-6-5-7-9-18/h5-13,16H,4,14-15H2,1-3H3,(H,21,23)/p+1. The van der Waals surface area contributed by atoms with E-state index in [0.717, 1.165) is 13.1 Å². The van der Waals surface area contributed by atoms with Crippen LogP contribution in [0.5, 0.6) is 0 Å². The Bertz CT molecular complexity index is 605. The molecule has 122 valence electrons. The van der Waals surface area contributed by atoms with Gasteiger partial charge in [-0.05, 0) is 31.9 Å². The molecule has 1 atom stereocenters. The van der Waals surface area contributed by atoms with Crippen LogP contribution < -0.4 is 10.2 Å². The van der Waals surface area contributed by atoms with Crippen LogP contribution in [0.3, 0.4) is 0 Å². The number of quaternary nitrogens is 1. The summed E-state index contributed by atoms with van der Waals surface area (Å²) in [6.07, 6.45) is 0. The molecule has 3 nitrogen and oxygen atoms in total. The van der Waals surface area contributed by atoms with E-state index in [9.17, 15) is 4.79 Å². The second-order valence-electron chi connectivity index (χ2n) is 6.24. The molecule has 2 aromatic rings. The summed E-state index contributed by atoms with van der Waals surface area (Å²) < 4.78 is 0. The summed E-state index contributed by atoms with van der Waals surface area (Å²) in [5.41, 5.74) is 3.72. The predicted molar refractivity (Wildman–Crippen MR) is 95.2 cm³/mol. The molecule has 2 aromatic carbocycles. The maximum atomic E-state index is 11.9. The lowest BCUT2D eigenvalue weighted by molar-refractivity contribution is -0.904. The Labute approximate surface area is 139 Å². The number of likely N-dealkylation sites (N-methyl/N-ethyl adjacent to an activating group) is 1. The molecule has 3 heteroatoms. The number of hydrogen-bond donors (Lipinski definition) is 2. The molecule has 2 rings (SSSR count). The maximum absolute atomic E-state index is 11.9. The Morgan fingerprint density at radius 3 is 2.17 bits per heavy atom. The van der Waals surface area contributed by atoms with Crippen LogP contribution in [-0.4, -0.2) is 25.0 Å². The smallest absolute Gasteiger partial charge is 0.275 e. The van der Waals surface area contributed by atoms with E-state index in [4.69, 9.17) is 0 Å². The molecule has 0 aliphatic rings. The van der Waals surface area contributed by atoms with Gasteiger partial charge >= 0.3 is 0 Å². The highest BCUT2D eigenvalue weighted by Gasteiger charge is 2.13. The highest BCUT2D eigenvalue weighted by atomic mass is 16.2. The lowest BCUT2D eigenvalue weighted by Crippen LogP contribution is -3.11. The average molecular weight is 311 g/mol. The molecule has 1 amide bonds. The Kier molecular flexibility index (Phi) is 6.36. The van der Waals surface area contributed by atoms with Crippen molar-refractivity contribution in [3.63, 3.8) is 0 Å². The Balaban J connectivity index is 1.97. The molecular weight excluding hydrogens is 284 g/mol. The van der Waals surface area contributed by atoms with E-state index >= 15 is 0 Å². The van der Waals surface area contributed by atoms with Gasteiger partial charge < -0.3 is 10.2 Å². The van der Waals surface area contributed by atoms with Gasteiger partial charge in [-0.25, -0.2) is 0 Å². The first-order chi connectivity index (χ1) is 11.1. The van der Waals surface area contributed by atoms with E-state index in [1.807, 2.05) is 19.9 Å². The fourth-order valence-electron chi connectivity index (χ4n) is 2.65. The van der Waals surface area contributed by atoms with Crippen molar-refractivity contribution in [2.75, 3.05) is 13.1 Å². The molecule has 0 saturated heterocycles. The molecule has 0 aliphatic heterocycles. The van der Waals surface area contributed by atoms with E-state index in [0.29, 0.717) is 6.54 Å². The van der Waals surface area contributed by atoms with Gasteiger partial charge in [0.15, 0.2) is 6.54 Å². The fraction of sp³-hybridized carbons (Fsp3) is 0.350. The summed E-state index contributed by atoms with van der Waals surface area (Å²) in [6, 6.07) is 19.2. The van der Waals surface area contributed by atoms with Crippen molar-refractivity contribution in [3.05, 3.63) is 60.2 Å². The Hall–Kier alpha value is -2.13. The summed E-state index contributed by atoms with van der Waals surface area (Å²) in [4.78, 5) is 13.2. The lowest BCUT2D eigenvalue weighted by Gasteiger charge is -2.18. The van der Waals surface area contributed by atoms with Crippen LogP contribution in [-0.2, 0) is 11.3 Å². The second kappa shape index (κ2) is 8.49. The third-order valence-electron chi connectivity index (χ3n) is 3.88. The number of carbonyl (C=O) groups is 1. The number of hydrogen-bond acceptors (Lipinski definition) is 1. The summed E-state index contributed by atoms with van der Waals surface area (Å²) in [6.45, 7) is 8.44. The highest BCUT2D eigenvalue weighted by Crippen LogP contribution is 2.18. The molecule has 0 saturated carbocycles. The quantitative estimate of drug-likeness (QED) is 0.808. The maximum Gasteiger partial charge on any atom is 0.275 e. The predicted octanol–water partition coefficient (Wildman–Crippen LogP) is 2.28. The van der Waals surface area contributed by atoms with Gasteiger partial charge in [-0.2, -0.15) is 0 Å². The minimum Gasteiger partial charge on any atom is -0.349 e. The van der Waals surface area contributed by atoms with E-state index in [1.165, 1.54) is 21.6 Å². The van der Waals surface area contributed by atoms with Crippen LogP contribution in [0.2, 0.25) is 0 Å². The van der Waals surface area contributed by atoms with Gasteiger partial charge in [-0.15, -0.1) is 0 Å². The van der Waals surface area contributed by atoms with E-state index in [1.54, 1.807) is 0 Å². The topological polar surface area (TPSA) is 33.5 Å². The van der Waals surface area contributed by atoms with Gasteiger partial charge in [0, 0.05) is 11.6 Å². The van der Waals surface area contributed by atoms with Gasteiger partial charge in [0.2, 0.25) is 0 Å². The molecule has 0 aliphatic carbocycles. The molecule has 2 N–H and O–H groups in total. The van der Waals surface area contributed by atoms with Crippen LogP contribution in [0.25, 0.3) is 11.1 Å². The number of amides is 1. The van der Waals surface area contributed by atoms with Gasteiger partial charge in [0.1, 0.15) is 6.54 Å². The zero-order valence-electron chi connectivity index (χ0n) is 14.3. The van der Waals surface area contributed by atoms with Crippen molar-refractivity contribution >= 4 is 5.91 Å². The molecule has 0 spiro atoms. The molecule has 23 heavy (non-hydrogen) atoms. The normalized spacial score (nSPS) is 12.2. The van der Waals surface area contributed by atoms with Crippen LogP contribution in [0, 0.1) is 0 Å². The van der Waals surface area contributed by atoms with Gasteiger partial charge in [0.05, 0.1) is 6.54 Å². The molecular formula is C20H27N2O+. The zero-order valence-corrected chi connectivity index (χ0v) is 14.3. The van der Waals surface area contributed by atoms with Crippen LogP contribution in [0.1, 0.15) is 26.3 Å². The third kappa shape index (κ3) is 5.53. The molecule has 0 bridgehead atoms. The molecule has 0 radical (unpaired) electrons. The number of carbonyl (C=O) groups excluding carboxylic acids is 1. The van der Waals surface area contributed by atoms with E-state index in [2.05, 4.69) is 60.8 Å². The second-order valence-corrected chi connectivity index (χ2v) is 6.24. The Morgan fingerprint density at radius 1 is 1.00 bits per heavy atom. The van der Waals surface area contributed by atoms with Gasteiger partial charge in [0.25, 0.3) is 5.91 Å². The molecule has 1 unspecified atom stereocenters. The van der Waals surface area contributed by atoms with E-state index < -0.39 is 0 Å². The minimum absolute atomic E-state index is 0.123. The summed E-state index contributed by atoms with van der Waals surface area (Å²) in [7, 11) is 0. The number of rotatable bonds is 7. The number of nitrogens with one attached hydrogen (secondary N) is 2. The number of benzene rings is 2. The molecule has 0 fully saturated rings. The van der Waals surface area contributed by atoms with Crippen molar-refractivity contribution < 1.29 is 9.69 Å². The summed E-state index contributed by atoms with van der Waals surface area (Å²) >= 11 is 0. The van der Waals surface area contributed by atoms with Crippen LogP contribution in [0.15, 0.2) is 54.6 Å². The first-order valence-corrected chi connectivity index (χ1v) is 8.35. The van der Waals surface area contributed by atoms with Crippen LogP contribution in [0.4, 0.5) is 0 Å². The van der Waals surface area contributed by atoms with E-state index in [-0.39, 0.29) is 11.9 Å². The lowest BCUT2D eigenvalue weighted by atomic mass is 10.0.